The fourth-order valence-corrected chi connectivity index (χ4v) is 4.11. The van der Waals surface area contributed by atoms with Crippen molar-refractivity contribution in [3.05, 3.63) is 58.1 Å². The summed E-state index contributed by atoms with van der Waals surface area (Å²) in [6, 6.07) is 0.862. The highest BCUT2D eigenvalue weighted by molar-refractivity contribution is 7.18. The lowest BCUT2D eigenvalue weighted by atomic mass is 9.98. The molecule has 0 aromatic carbocycles. The van der Waals surface area contributed by atoms with Crippen molar-refractivity contribution in [2.45, 2.75) is 32.9 Å². The Morgan fingerprint density at radius 3 is 2.47 bits per heavy atom. The number of carbonyl (C=O) groups is 2. The Morgan fingerprint density at radius 2 is 1.81 bits per heavy atom. The molecule has 0 spiro atoms. The lowest BCUT2D eigenvalue weighted by Gasteiger charge is -2.13. The van der Waals surface area contributed by atoms with Crippen LogP contribution in [-0.2, 0) is 23.8 Å². The first kappa shape index (κ1) is 21.7. The Balaban J connectivity index is 1.63. The van der Waals surface area contributed by atoms with Crippen LogP contribution in [0.1, 0.15) is 39.0 Å². The number of hydrogen-bond acceptors (Lipinski definition) is 8. The van der Waals surface area contributed by atoms with Gasteiger partial charge in [0, 0.05) is 25.2 Å². The number of Topliss-reactive ketones (excluding diaryl/α,β-unsaturated/α-hetero) is 2. The second kappa shape index (κ2) is 8.19. The smallest absolute Gasteiger partial charge is 0.299 e. The number of ketones is 2. The summed E-state index contributed by atoms with van der Waals surface area (Å²) in [5.41, 5.74) is 0.164. The number of halogens is 3. The van der Waals surface area contributed by atoms with Gasteiger partial charge in [0.2, 0.25) is 0 Å². The van der Waals surface area contributed by atoms with Crippen LogP contribution in [-0.4, -0.2) is 41.5 Å². The van der Waals surface area contributed by atoms with Gasteiger partial charge in [-0.05, 0) is 31.0 Å². The first-order valence-electron chi connectivity index (χ1n) is 9.34. The summed E-state index contributed by atoms with van der Waals surface area (Å²) in [5.74, 6) is -1.13. The van der Waals surface area contributed by atoms with Crippen LogP contribution in [0.5, 0.6) is 0 Å². The predicted octanol–water partition coefficient (Wildman–Crippen LogP) is 3.55. The Hall–Kier alpha value is -3.54. The number of fused-ring (bicyclic) bond motifs is 1. The van der Waals surface area contributed by atoms with Gasteiger partial charge in [-0.1, -0.05) is 11.3 Å². The number of carbonyl (C=O) groups excluding carboxylic acids is 2. The fraction of sp³-hybridized carbons (Fsp3) is 0.250. The SMILES string of the molecule is CC(=O)c1c(CC(=O)Cc2cnc(-n3nccn3)c(C(F)(F)F)c2)cnc2sc(C)nc12. The van der Waals surface area contributed by atoms with Crippen LogP contribution < -0.4 is 0 Å². The molecular weight excluding hydrogens is 445 g/mol. The van der Waals surface area contributed by atoms with Gasteiger partial charge in [-0.3, -0.25) is 9.59 Å². The zero-order valence-corrected chi connectivity index (χ0v) is 17.7. The van der Waals surface area contributed by atoms with Crippen molar-refractivity contribution >= 4 is 33.3 Å². The summed E-state index contributed by atoms with van der Waals surface area (Å²) in [5, 5.41) is 8.12. The van der Waals surface area contributed by atoms with Crippen LogP contribution in [0.4, 0.5) is 13.2 Å². The van der Waals surface area contributed by atoms with Gasteiger partial charge in [-0.2, -0.15) is 23.4 Å². The number of rotatable bonds is 6. The molecule has 0 saturated heterocycles. The van der Waals surface area contributed by atoms with E-state index < -0.39 is 17.6 Å². The highest BCUT2D eigenvalue weighted by Crippen LogP contribution is 2.33. The summed E-state index contributed by atoms with van der Waals surface area (Å²) in [4.78, 5) is 38.7. The minimum absolute atomic E-state index is 0.0844. The molecule has 4 heterocycles. The van der Waals surface area contributed by atoms with Gasteiger partial charge in [-0.25, -0.2) is 15.0 Å². The molecule has 12 heteroatoms. The third kappa shape index (κ3) is 4.26. The molecule has 0 radical (unpaired) electrons. The van der Waals surface area contributed by atoms with Crippen LogP contribution in [0.25, 0.3) is 16.2 Å². The summed E-state index contributed by atoms with van der Waals surface area (Å²) in [6.45, 7) is 3.16. The average molecular weight is 460 g/mol. The highest BCUT2D eigenvalue weighted by Gasteiger charge is 2.36. The topological polar surface area (TPSA) is 104 Å². The molecule has 0 aliphatic carbocycles. The van der Waals surface area contributed by atoms with E-state index in [1.54, 1.807) is 6.92 Å². The lowest BCUT2D eigenvalue weighted by Crippen LogP contribution is -2.16. The van der Waals surface area contributed by atoms with E-state index in [-0.39, 0.29) is 30.0 Å². The molecule has 4 aromatic heterocycles. The van der Waals surface area contributed by atoms with E-state index in [2.05, 4.69) is 25.1 Å². The second-order valence-electron chi connectivity index (χ2n) is 7.02. The number of pyridine rings is 2. The number of aryl methyl sites for hydroxylation is 1. The number of aromatic nitrogens is 6. The maximum Gasteiger partial charge on any atom is 0.420 e. The second-order valence-corrected chi connectivity index (χ2v) is 8.21. The van der Waals surface area contributed by atoms with Crippen molar-refractivity contribution in [1.29, 1.82) is 0 Å². The summed E-state index contributed by atoms with van der Waals surface area (Å²) in [6.07, 6.45) is -0.0779. The quantitative estimate of drug-likeness (QED) is 0.405. The van der Waals surface area contributed by atoms with Crippen molar-refractivity contribution in [3.8, 4) is 5.82 Å². The van der Waals surface area contributed by atoms with E-state index in [1.807, 2.05) is 0 Å². The molecule has 4 aromatic rings. The number of nitrogens with zero attached hydrogens (tertiary/aromatic N) is 6. The maximum atomic E-state index is 13.6. The first-order chi connectivity index (χ1) is 15.1. The van der Waals surface area contributed by atoms with Crippen LogP contribution in [0.2, 0.25) is 0 Å². The van der Waals surface area contributed by atoms with E-state index in [1.165, 1.54) is 43.0 Å². The Morgan fingerprint density at radius 1 is 1.09 bits per heavy atom. The van der Waals surface area contributed by atoms with Gasteiger partial charge in [0.05, 0.1) is 23.0 Å². The molecule has 4 rings (SSSR count). The van der Waals surface area contributed by atoms with Gasteiger partial charge in [0.25, 0.3) is 0 Å². The zero-order valence-electron chi connectivity index (χ0n) is 16.8. The van der Waals surface area contributed by atoms with Crippen molar-refractivity contribution in [3.63, 3.8) is 0 Å². The van der Waals surface area contributed by atoms with Gasteiger partial charge >= 0.3 is 6.18 Å². The normalized spacial score (nSPS) is 11.8. The summed E-state index contributed by atoms with van der Waals surface area (Å²) in [7, 11) is 0. The van der Waals surface area contributed by atoms with Crippen LogP contribution in [0, 0.1) is 6.92 Å². The summed E-state index contributed by atoms with van der Waals surface area (Å²) < 4.78 is 40.7. The number of hydrogen-bond donors (Lipinski definition) is 0. The number of thiazole rings is 1. The van der Waals surface area contributed by atoms with Crippen LogP contribution in [0.3, 0.4) is 0 Å². The molecule has 0 amide bonds. The van der Waals surface area contributed by atoms with Crippen LogP contribution >= 0.6 is 11.3 Å². The molecule has 0 aliphatic rings. The minimum Gasteiger partial charge on any atom is -0.299 e. The van der Waals surface area contributed by atoms with Crippen molar-refractivity contribution in [1.82, 2.24) is 29.9 Å². The van der Waals surface area contributed by atoms with Gasteiger partial charge in [0.15, 0.2) is 11.6 Å². The summed E-state index contributed by atoms with van der Waals surface area (Å²) >= 11 is 1.33. The van der Waals surface area contributed by atoms with Gasteiger partial charge in [-0.15, -0.1) is 4.80 Å². The molecule has 0 saturated carbocycles. The molecule has 0 atom stereocenters. The Bertz CT molecular complexity index is 1330. The molecule has 0 unspecified atom stereocenters. The Labute approximate surface area is 183 Å². The molecule has 0 fully saturated rings. The molecule has 32 heavy (non-hydrogen) atoms. The van der Waals surface area contributed by atoms with E-state index in [0.717, 1.165) is 15.9 Å². The molecule has 0 bridgehead atoms. The van der Waals surface area contributed by atoms with Crippen LogP contribution in [0.15, 0.2) is 30.9 Å². The van der Waals surface area contributed by atoms with E-state index >= 15 is 0 Å². The Kier molecular flexibility index (Phi) is 5.55. The average Bonchev–Trinajstić information content (AvgIpc) is 3.35. The fourth-order valence-electron chi connectivity index (χ4n) is 3.34. The standard InChI is InChI=1S/C20H15F3N6O2S/c1-10(30)16-13(9-25-19-17(16)28-11(2)32-19)7-14(31)5-12-6-15(20(21,22)23)18(24-8-12)29-26-3-4-27-29/h3-4,6,8-9H,5,7H2,1-2H3. The highest BCUT2D eigenvalue weighted by atomic mass is 32.1. The van der Waals surface area contributed by atoms with E-state index in [4.69, 9.17) is 0 Å². The maximum absolute atomic E-state index is 13.6. The largest absolute Gasteiger partial charge is 0.420 e. The first-order valence-corrected chi connectivity index (χ1v) is 10.2. The molecule has 164 valence electrons. The van der Waals surface area contributed by atoms with Gasteiger partial charge in [0.1, 0.15) is 21.7 Å². The van der Waals surface area contributed by atoms with Crippen molar-refractivity contribution in [2.24, 2.45) is 0 Å². The third-order valence-electron chi connectivity index (χ3n) is 4.59. The molecule has 0 aliphatic heterocycles. The number of alkyl halides is 3. The molecule has 8 nitrogen and oxygen atoms in total. The van der Waals surface area contributed by atoms with Crippen molar-refractivity contribution in [2.75, 3.05) is 0 Å². The molecular formula is C20H15F3N6O2S. The minimum atomic E-state index is -4.71. The van der Waals surface area contributed by atoms with E-state index in [9.17, 15) is 22.8 Å². The molecule has 0 N–H and O–H groups in total. The van der Waals surface area contributed by atoms with E-state index in [0.29, 0.717) is 21.5 Å². The zero-order chi connectivity index (χ0) is 23.0. The third-order valence-corrected chi connectivity index (χ3v) is 5.47. The monoisotopic (exact) mass is 460 g/mol. The van der Waals surface area contributed by atoms with Gasteiger partial charge < -0.3 is 0 Å². The lowest BCUT2D eigenvalue weighted by molar-refractivity contribution is -0.138. The predicted molar refractivity (Wildman–Crippen MR) is 109 cm³/mol. The van der Waals surface area contributed by atoms with Crippen molar-refractivity contribution < 1.29 is 22.8 Å².